The molecule has 0 spiro atoms. The lowest BCUT2D eigenvalue weighted by atomic mass is 10.2. The predicted octanol–water partition coefficient (Wildman–Crippen LogP) is 3.12. The van der Waals surface area contributed by atoms with Gasteiger partial charge in [0.1, 0.15) is 0 Å². The molecule has 1 rings (SSSR count). The summed E-state index contributed by atoms with van der Waals surface area (Å²) in [6.07, 6.45) is 0. The SMILES string of the molecule is N#CCBr.N#Cc1ccc(Cl)cc1. The van der Waals surface area contributed by atoms with Crippen LogP contribution in [0.3, 0.4) is 0 Å². The van der Waals surface area contributed by atoms with Crippen LogP contribution in [-0.4, -0.2) is 5.33 Å². The molecule has 0 saturated carbocycles. The van der Waals surface area contributed by atoms with E-state index in [1.165, 1.54) is 0 Å². The van der Waals surface area contributed by atoms with Gasteiger partial charge in [0, 0.05) is 5.02 Å². The number of benzene rings is 1. The summed E-state index contributed by atoms with van der Waals surface area (Å²) in [5.74, 6) is 0. The van der Waals surface area contributed by atoms with Crippen LogP contribution in [0.2, 0.25) is 5.02 Å². The Morgan fingerprint density at radius 3 is 2.00 bits per heavy atom. The van der Waals surface area contributed by atoms with Crippen molar-refractivity contribution < 1.29 is 0 Å². The molecule has 0 fully saturated rings. The van der Waals surface area contributed by atoms with Crippen molar-refractivity contribution in [1.82, 2.24) is 0 Å². The molecule has 0 atom stereocenters. The van der Waals surface area contributed by atoms with Crippen molar-refractivity contribution >= 4 is 27.5 Å². The highest BCUT2D eigenvalue weighted by Gasteiger charge is 1.86. The Kier molecular flexibility index (Phi) is 7.01. The maximum Gasteiger partial charge on any atom is 0.0991 e. The third-order valence-corrected chi connectivity index (χ3v) is 1.54. The molecular weight excluding hydrogens is 251 g/mol. The Balaban J connectivity index is 0.000000310. The second kappa shape index (κ2) is 7.61. The van der Waals surface area contributed by atoms with Crippen LogP contribution >= 0.6 is 27.5 Å². The van der Waals surface area contributed by atoms with Crippen molar-refractivity contribution in [2.45, 2.75) is 0 Å². The quantitative estimate of drug-likeness (QED) is 0.670. The molecule has 0 aliphatic heterocycles. The highest BCUT2D eigenvalue weighted by Crippen LogP contribution is 2.07. The molecule has 13 heavy (non-hydrogen) atoms. The Morgan fingerprint density at radius 1 is 1.23 bits per heavy atom. The molecule has 0 heterocycles. The fraction of sp³-hybridized carbons (Fsp3) is 0.111. The Bertz CT molecular complexity index is 321. The van der Waals surface area contributed by atoms with Crippen LogP contribution in [0.25, 0.3) is 0 Å². The first-order chi connectivity index (χ1) is 6.24. The summed E-state index contributed by atoms with van der Waals surface area (Å²) in [7, 11) is 0. The molecule has 2 nitrogen and oxygen atoms in total. The summed E-state index contributed by atoms with van der Waals surface area (Å²) in [6.45, 7) is 0. The minimum Gasteiger partial charge on any atom is -0.197 e. The number of halogens is 2. The molecule has 0 bridgehead atoms. The maximum absolute atomic E-state index is 8.34. The van der Waals surface area contributed by atoms with E-state index in [1.807, 2.05) is 12.1 Å². The average Bonchev–Trinajstić information content (AvgIpc) is 2.19. The van der Waals surface area contributed by atoms with Gasteiger partial charge < -0.3 is 0 Å². The maximum atomic E-state index is 8.34. The molecule has 4 heteroatoms. The number of alkyl halides is 1. The highest BCUT2D eigenvalue weighted by molar-refractivity contribution is 9.09. The third-order valence-electron chi connectivity index (χ3n) is 1.03. The molecule has 0 aromatic heterocycles. The van der Waals surface area contributed by atoms with Gasteiger partial charge >= 0.3 is 0 Å². The van der Waals surface area contributed by atoms with Crippen LogP contribution in [0.5, 0.6) is 0 Å². The molecule has 0 unspecified atom stereocenters. The monoisotopic (exact) mass is 256 g/mol. The van der Waals surface area contributed by atoms with E-state index in [4.69, 9.17) is 22.1 Å². The van der Waals surface area contributed by atoms with Gasteiger partial charge in [-0.3, -0.25) is 0 Å². The van der Waals surface area contributed by atoms with E-state index in [-0.39, 0.29) is 0 Å². The second-order valence-electron chi connectivity index (χ2n) is 1.91. The van der Waals surface area contributed by atoms with Crippen molar-refractivity contribution in [3.8, 4) is 12.1 Å². The summed E-state index contributed by atoms with van der Waals surface area (Å²) < 4.78 is 0. The predicted molar refractivity (Wildman–Crippen MR) is 55.6 cm³/mol. The van der Waals surface area contributed by atoms with E-state index in [9.17, 15) is 0 Å². The van der Waals surface area contributed by atoms with Gasteiger partial charge in [-0.1, -0.05) is 27.5 Å². The fourth-order valence-corrected chi connectivity index (χ4v) is 0.650. The molecule has 0 amide bonds. The Morgan fingerprint density at radius 2 is 1.69 bits per heavy atom. The lowest BCUT2D eigenvalue weighted by molar-refractivity contribution is 1.49. The first-order valence-electron chi connectivity index (χ1n) is 3.33. The first kappa shape index (κ1) is 12.0. The summed E-state index contributed by atoms with van der Waals surface area (Å²) in [4.78, 5) is 0. The Hall–Kier alpha value is -1.03. The fourth-order valence-electron chi connectivity index (χ4n) is 0.524. The van der Waals surface area contributed by atoms with Gasteiger partial charge in [-0.15, -0.1) is 0 Å². The second-order valence-corrected chi connectivity index (χ2v) is 2.91. The average molecular weight is 258 g/mol. The standard InChI is InChI=1S/C7H4ClN.C2H2BrN/c8-7-3-1-6(5-9)2-4-7;3-1-2-4/h1-4H;1H2. The largest absolute Gasteiger partial charge is 0.197 e. The van der Waals surface area contributed by atoms with Gasteiger partial charge in [0.05, 0.1) is 23.0 Å². The molecule has 0 aliphatic carbocycles. The van der Waals surface area contributed by atoms with E-state index in [0.29, 0.717) is 15.9 Å². The van der Waals surface area contributed by atoms with Crippen LogP contribution in [0.4, 0.5) is 0 Å². The van der Waals surface area contributed by atoms with Gasteiger partial charge in [0.2, 0.25) is 0 Å². The Labute approximate surface area is 90.5 Å². The lowest BCUT2D eigenvalue weighted by Gasteiger charge is -1.86. The van der Waals surface area contributed by atoms with E-state index in [0.717, 1.165) is 0 Å². The number of nitrogens with zero attached hydrogens (tertiary/aromatic N) is 2. The van der Waals surface area contributed by atoms with Crippen LogP contribution < -0.4 is 0 Å². The normalized spacial score (nSPS) is 7.38. The molecule has 1 aromatic rings. The summed E-state index contributed by atoms with van der Waals surface area (Å²) in [5.41, 5.74) is 0.638. The number of rotatable bonds is 0. The molecule has 0 radical (unpaired) electrons. The molecule has 1 aromatic carbocycles. The first-order valence-corrected chi connectivity index (χ1v) is 4.83. The number of hydrogen-bond donors (Lipinski definition) is 0. The highest BCUT2D eigenvalue weighted by atomic mass is 79.9. The molecule has 66 valence electrons. The molecule has 0 saturated heterocycles. The van der Waals surface area contributed by atoms with Gasteiger partial charge in [0.15, 0.2) is 0 Å². The van der Waals surface area contributed by atoms with E-state index in [2.05, 4.69) is 15.9 Å². The molecule has 0 N–H and O–H groups in total. The van der Waals surface area contributed by atoms with Crippen LogP contribution in [-0.2, 0) is 0 Å². The van der Waals surface area contributed by atoms with Gasteiger partial charge in [-0.25, -0.2) is 0 Å². The van der Waals surface area contributed by atoms with Crippen molar-refractivity contribution in [1.29, 1.82) is 10.5 Å². The van der Waals surface area contributed by atoms with Crippen LogP contribution in [0.1, 0.15) is 5.56 Å². The van der Waals surface area contributed by atoms with Gasteiger partial charge in [0.25, 0.3) is 0 Å². The van der Waals surface area contributed by atoms with Crippen molar-refractivity contribution in [3.63, 3.8) is 0 Å². The lowest BCUT2D eigenvalue weighted by Crippen LogP contribution is -1.69. The van der Waals surface area contributed by atoms with Crippen molar-refractivity contribution in [2.75, 3.05) is 5.33 Å². The summed E-state index contributed by atoms with van der Waals surface area (Å²) in [5, 5.41) is 17.0. The number of hydrogen-bond acceptors (Lipinski definition) is 2. The zero-order valence-corrected chi connectivity index (χ0v) is 9.01. The van der Waals surface area contributed by atoms with Crippen LogP contribution in [0.15, 0.2) is 24.3 Å². The van der Waals surface area contributed by atoms with E-state index in [1.54, 1.807) is 24.3 Å². The molecule has 0 aliphatic rings. The molecular formula is C9H6BrClN2. The zero-order valence-electron chi connectivity index (χ0n) is 6.67. The van der Waals surface area contributed by atoms with Gasteiger partial charge in [-0.05, 0) is 24.3 Å². The number of nitriles is 2. The van der Waals surface area contributed by atoms with Crippen molar-refractivity contribution in [3.05, 3.63) is 34.9 Å². The van der Waals surface area contributed by atoms with Crippen molar-refractivity contribution in [2.24, 2.45) is 0 Å². The smallest absolute Gasteiger partial charge is 0.0991 e. The van der Waals surface area contributed by atoms with Gasteiger partial charge in [-0.2, -0.15) is 10.5 Å². The zero-order chi connectivity index (χ0) is 10.1. The summed E-state index contributed by atoms with van der Waals surface area (Å²) >= 11 is 8.45. The third kappa shape index (κ3) is 6.16. The minimum absolute atomic E-state index is 0.438. The van der Waals surface area contributed by atoms with Crippen LogP contribution in [0, 0.1) is 22.7 Å². The van der Waals surface area contributed by atoms with E-state index < -0.39 is 0 Å². The topological polar surface area (TPSA) is 47.6 Å². The summed E-state index contributed by atoms with van der Waals surface area (Å²) in [6, 6.07) is 10.6. The minimum atomic E-state index is 0.438. The van der Waals surface area contributed by atoms with E-state index >= 15 is 0 Å².